The summed E-state index contributed by atoms with van der Waals surface area (Å²) < 4.78 is 7.68. The molecule has 1 aromatic carbocycles. The molecule has 24 heavy (non-hydrogen) atoms. The third-order valence-electron chi connectivity index (χ3n) is 4.21. The predicted octanol–water partition coefficient (Wildman–Crippen LogP) is 3.83. The largest absolute Gasteiger partial charge is 0.376 e. The third kappa shape index (κ3) is 4.24. The fraction of sp³-hybridized carbons (Fsp3) is 0.500. The molecule has 1 fully saturated rings. The van der Waals surface area contributed by atoms with Gasteiger partial charge in [0.25, 0.3) is 0 Å². The highest BCUT2D eigenvalue weighted by molar-refractivity contribution is 5.64. The van der Waals surface area contributed by atoms with Crippen molar-refractivity contribution in [3.8, 4) is 23.1 Å². The Balaban J connectivity index is 1.74. The summed E-state index contributed by atoms with van der Waals surface area (Å²) in [6.07, 6.45) is 5.80. The molecule has 126 valence electrons. The fourth-order valence-corrected chi connectivity index (χ4v) is 2.93. The first-order valence-corrected chi connectivity index (χ1v) is 8.76. The third-order valence-corrected chi connectivity index (χ3v) is 4.21. The van der Waals surface area contributed by atoms with Gasteiger partial charge in [-0.1, -0.05) is 37.0 Å². The van der Waals surface area contributed by atoms with Crippen molar-refractivity contribution in [1.29, 1.82) is 0 Å². The number of benzene rings is 1. The van der Waals surface area contributed by atoms with Crippen LogP contribution in [0.4, 0.5) is 0 Å². The van der Waals surface area contributed by atoms with Gasteiger partial charge >= 0.3 is 0 Å². The molecule has 1 saturated heterocycles. The Morgan fingerprint density at radius 1 is 1.33 bits per heavy atom. The minimum absolute atomic E-state index is 0.267. The molecule has 3 rings (SSSR count). The molecular weight excluding hydrogens is 298 g/mol. The van der Waals surface area contributed by atoms with Crippen molar-refractivity contribution in [3.63, 3.8) is 0 Å². The van der Waals surface area contributed by atoms with Crippen molar-refractivity contribution in [2.24, 2.45) is 5.92 Å². The first kappa shape index (κ1) is 16.7. The molecule has 2 aromatic rings. The van der Waals surface area contributed by atoms with Gasteiger partial charge in [0.15, 0.2) is 0 Å². The molecule has 0 radical (unpaired) electrons. The number of ether oxygens (including phenoxy) is 1. The maximum atomic E-state index is 5.78. The Bertz CT molecular complexity index is 746. The predicted molar refractivity (Wildman–Crippen MR) is 95.5 cm³/mol. The SMILES string of the molecule is Cc1cc(C#CC(C)C)ccc1-c1cn(CC2CCCCO2)nn1. The van der Waals surface area contributed by atoms with E-state index in [9.17, 15) is 0 Å². The first-order chi connectivity index (χ1) is 11.6. The van der Waals surface area contributed by atoms with Crippen LogP contribution in [0.25, 0.3) is 11.3 Å². The molecule has 1 aliphatic rings. The summed E-state index contributed by atoms with van der Waals surface area (Å²) in [5, 5.41) is 8.61. The van der Waals surface area contributed by atoms with Gasteiger partial charge < -0.3 is 4.74 Å². The van der Waals surface area contributed by atoms with Crippen LogP contribution in [0.5, 0.6) is 0 Å². The van der Waals surface area contributed by atoms with E-state index < -0.39 is 0 Å². The van der Waals surface area contributed by atoms with Crippen LogP contribution in [0, 0.1) is 24.7 Å². The number of aryl methyl sites for hydroxylation is 1. The van der Waals surface area contributed by atoms with Crippen molar-refractivity contribution in [2.45, 2.75) is 52.7 Å². The van der Waals surface area contributed by atoms with Gasteiger partial charge in [0.05, 0.1) is 18.8 Å². The van der Waals surface area contributed by atoms with Crippen LogP contribution in [0.3, 0.4) is 0 Å². The Hall–Kier alpha value is -2.12. The molecule has 0 saturated carbocycles. The zero-order valence-corrected chi connectivity index (χ0v) is 14.7. The molecule has 1 atom stereocenters. The molecule has 2 heterocycles. The monoisotopic (exact) mass is 323 g/mol. The Kier molecular flexibility index (Phi) is 5.32. The standard InChI is InChI=1S/C20H25N3O/c1-15(2)7-8-17-9-10-19(16(3)12-17)20-14-23(22-21-20)13-18-6-4-5-11-24-18/h9-10,12,14-15,18H,4-6,11,13H2,1-3H3. The summed E-state index contributed by atoms with van der Waals surface area (Å²) in [4.78, 5) is 0. The second kappa shape index (κ2) is 7.63. The number of aromatic nitrogens is 3. The van der Waals surface area contributed by atoms with E-state index in [2.05, 4.69) is 61.1 Å². The smallest absolute Gasteiger partial charge is 0.113 e. The van der Waals surface area contributed by atoms with E-state index in [1.165, 1.54) is 18.4 Å². The molecule has 0 spiro atoms. The lowest BCUT2D eigenvalue weighted by atomic mass is 10.0. The van der Waals surface area contributed by atoms with Crippen LogP contribution in [0.1, 0.15) is 44.2 Å². The highest BCUT2D eigenvalue weighted by atomic mass is 16.5. The van der Waals surface area contributed by atoms with Crippen LogP contribution >= 0.6 is 0 Å². The highest BCUT2D eigenvalue weighted by Crippen LogP contribution is 2.22. The van der Waals surface area contributed by atoms with Crippen molar-refractivity contribution in [1.82, 2.24) is 15.0 Å². The lowest BCUT2D eigenvalue weighted by Crippen LogP contribution is -2.24. The maximum absolute atomic E-state index is 5.78. The van der Waals surface area contributed by atoms with Crippen molar-refractivity contribution >= 4 is 0 Å². The van der Waals surface area contributed by atoms with E-state index in [0.717, 1.165) is 36.4 Å². The molecule has 0 aliphatic carbocycles. The zero-order valence-electron chi connectivity index (χ0n) is 14.7. The van der Waals surface area contributed by atoms with Gasteiger partial charge in [0.1, 0.15) is 5.69 Å². The van der Waals surface area contributed by atoms with Gasteiger partial charge in [-0.05, 0) is 43.9 Å². The van der Waals surface area contributed by atoms with Crippen LogP contribution in [0.15, 0.2) is 24.4 Å². The van der Waals surface area contributed by atoms with Gasteiger partial charge in [-0.15, -0.1) is 5.10 Å². The van der Waals surface area contributed by atoms with Gasteiger partial charge in [-0.3, -0.25) is 0 Å². The minimum atomic E-state index is 0.267. The van der Waals surface area contributed by atoms with E-state index >= 15 is 0 Å². The second-order valence-corrected chi connectivity index (χ2v) is 6.77. The number of hydrogen-bond donors (Lipinski definition) is 0. The average molecular weight is 323 g/mol. The second-order valence-electron chi connectivity index (χ2n) is 6.77. The summed E-state index contributed by atoms with van der Waals surface area (Å²) in [6, 6.07) is 6.26. The number of hydrogen-bond acceptors (Lipinski definition) is 3. The van der Waals surface area contributed by atoms with E-state index in [0.29, 0.717) is 5.92 Å². The zero-order chi connectivity index (χ0) is 16.9. The quantitative estimate of drug-likeness (QED) is 0.806. The van der Waals surface area contributed by atoms with Crippen molar-refractivity contribution < 1.29 is 4.74 Å². The minimum Gasteiger partial charge on any atom is -0.376 e. The van der Waals surface area contributed by atoms with Gasteiger partial charge in [-0.25, -0.2) is 4.68 Å². The lowest BCUT2D eigenvalue weighted by Gasteiger charge is -2.21. The van der Waals surface area contributed by atoms with Gasteiger partial charge in [0, 0.05) is 23.7 Å². The summed E-state index contributed by atoms with van der Waals surface area (Å²) in [5.41, 5.74) is 4.24. The van der Waals surface area contributed by atoms with E-state index in [-0.39, 0.29) is 6.10 Å². The molecule has 0 N–H and O–H groups in total. The molecule has 1 aliphatic heterocycles. The van der Waals surface area contributed by atoms with Gasteiger partial charge in [-0.2, -0.15) is 0 Å². The van der Waals surface area contributed by atoms with E-state index in [1.54, 1.807) is 0 Å². The summed E-state index contributed by atoms with van der Waals surface area (Å²) in [5.74, 6) is 6.80. The molecule has 0 bridgehead atoms. The highest BCUT2D eigenvalue weighted by Gasteiger charge is 2.16. The normalized spacial score (nSPS) is 17.6. The van der Waals surface area contributed by atoms with Crippen LogP contribution in [0.2, 0.25) is 0 Å². The van der Waals surface area contributed by atoms with E-state index in [4.69, 9.17) is 4.74 Å². The maximum Gasteiger partial charge on any atom is 0.113 e. The fourth-order valence-electron chi connectivity index (χ4n) is 2.93. The van der Waals surface area contributed by atoms with Crippen LogP contribution in [-0.4, -0.2) is 27.7 Å². The Morgan fingerprint density at radius 2 is 2.21 bits per heavy atom. The van der Waals surface area contributed by atoms with Crippen molar-refractivity contribution in [2.75, 3.05) is 6.61 Å². The average Bonchev–Trinajstić information content (AvgIpc) is 3.02. The molecular formula is C20H25N3O. The number of nitrogens with zero attached hydrogens (tertiary/aromatic N) is 3. The molecule has 4 nitrogen and oxygen atoms in total. The molecule has 1 aromatic heterocycles. The summed E-state index contributed by atoms with van der Waals surface area (Å²) in [6.45, 7) is 7.94. The van der Waals surface area contributed by atoms with Crippen molar-refractivity contribution in [3.05, 3.63) is 35.5 Å². The Labute approximate surface area is 144 Å². The molecule has 0 amide bonds. The number of rotatable bonds is 3. The van der Waals surface area contributed by atoms with E-state index in [1.807, 2.05) is 10.9 Å². The van der Waals surface area contributed by atoms with Crippen LogP contribution in [-0.2, 0) is 11.3 Å². The Morgan fingerprint density at radius 3 is 2.92 bits per heavy atom. The molecule has 4 heteroatoms. The summed E-state index contributed by atoms with van der Waals surface area (Å²) in [7, 11) is 0. The summed E-state index contributed by atoms with van der Waals surface area (Å²) >= 11 is 0. The lowest BCUT2D eigenvalue weighted by molar-refractivity contribution is 0.00370. The van der Waals surface area contributed by atoms with Gasteiger partial charge in [0.2, 0.25) is 0 Å². The first-order valence-electron chi connectivity index (χ1n) is 8.76. The van der Waals surface area contributed by atoms with Crippen LogP contribution < -0.4 is 0 Å². The topological polar surface area (TPSA) is 39.9 Å². The molecule has 1 unspecified atom stereocenters.